The molecule has 0 aromatic carbocycles. The molecule has 4 heteroatoms. The van der Waals surface area contributed by atoms with Gasteiger partial charge in [0, 0.05) is 30.6 Å². The Balaban J connectivity index is 2.89. The first-order valence-corrected chi connectivity index (χ1v) is 6.45. The number of rotatable bonds is 1. The van der Waals surface area contributed by atoms with E-state index in [4.69, 9.17) is 4.52 Å². The molecule has 0 bridgehead atoms. The fourth-order valence-electron chi connectivity index (χ4n) is 1.48. The highest BCUT2D eigenvalue weighted by Gasteiger charge is 2.39. The predicted molar refractivity (Wildman–Crippen MR) is 66.3 cm³/mol. The van der Waals surface area contributed by atoms with Gasteiger partial charge in [0.05, 0.1) is 0 Å². The molecule has 0 spiro atoms. The molecular formula is C11H23N2OP. The minimum Gasteiger partial charge on any atom is -0.326 e. The summed E-state index contributed by atoms with van der Waals surface area (Å²) in [6.07, 6.45) is 4.28. The van der Waals surface area contributed by atoms with E-state index >= 15 is 0 Å². The summed E-state index contributed by atoms with van der Waals surface area (Å²) in [5, 5.41) is 0. The maximum Gasteiger partial charge on any atom is 0.248 e. The first kappa shape index (κ1) is 12.8. The summed E-state index contributed by atoms with van der Waals surface area (Å²) < 4.78 is 10.2. The number of hydrogen-bond donors (Lipinski definition) is 0. The van der Waals surface area contributed by atoms with E-state index in [-0.39, 0.29) is 11.1 Å². The molecule has 0 amide bonds. The third-order valence-corrected chi connectivity index (χ3v) is 4.79. The largest absolute Gasteiger partial charge is 0.326 e. The van der Waals surface area contributed by atoms with Crippen molar-refractivity contribution in [3.05, 3.63) is 12.4 Å². The van der Waals surface area contributed by atoms with Crippen LogP contribution >= 0.6 is 8.45 Å². The Morgan fingerprint density at radius 3 is 1.40 bits per heavy atom. The van der Waals surface area contributed by atoms with Crippen molar-refractivity contribution in [3.8, 4) is 0 Å². The van der Waals surface area contributed by atoms with E-state index in [1.165, 1.54) is 0 Å². The van der Waals surface area contributed by atoms with Crippen molar-refractivity contribution in [2.24, 2.45) is 0 Å². The van der Waals surface area contributed by atoms with Gasteiger partial charge in [-0.2, -0.15) is 0 Å². The summed E-state index contributed by atoms with van der Waals surface area (Å²) in [5.41, 5.74) is 0.219. The summed E-state index contributed by atoms with van der Waals surface area (Å²) in [4.78, 5) is 0. The van der Waals surface area contributed by atoms with E-state index in [0.29, 0.717) is 0 Å². The third-order valence-electron chi connectivity index (χ3n) is 2.26. The normalized spacial score (nSPS) is 19.1. The maximum atomic E-state index is 5.64. The lowest BCUT2D eigenvalue weighted by atomic mass is 10.1. The van der Waals surface area contributed by atoms with Crippen LogP contribution in [0, 0.1) is 0 Å². The van der Waals surface area contributed by atoms with Crippen LogP contribution < -0.4 is 0 Å². The Morgan fingerprint density at radius 2 is 1.20 bits per heavy atom. The van der Waals surface area contributed by atoms with Crippen molar-refractivity contribution >= 4 is 8.45 Å². The van der Waals surface area contributed by atoms with Gasteiger partial charge in [0.25, 0.3) is 0 Å². The Hall–Kier alpha value is -0.270. The summed E-state index contributed by atoms with van der Waals surface area (Å²) in [5.74, 6) is 0. The van der Waals surface area contributed by atoms with Gasteiger partial charge in [0.2, 0.25) is 8.45 Å². The van der Waals surface area contributed by atoms with Crippen LogP contribution in [0.25, 0.3) is 0 Å². The second-order valence-corrected chi connectivity index (χ2v) is 7.50. The molecule has 0 saturated heterocycles. The molecule has 1 aliphatic rings. The smallest absolute Gasteiger partial charge is 0.248 e. The lowest BCUT2D eigenvalue weighted by Crippen LogP contribution is -2.38. The van der Waals surface area contributed by atoms with Crippen LogP contribution in [-0.4, -0.2) is 27.5 Å². The quantitative estimate of drug-likeness (QED) is 0.641. The molecule has 15 heavy (non-hydrogen) atoms. The third kappa shape index (κ3) is 2.64. The zero-order valence-corrected chi connectivity index (χ0v) is 11.8. The number of nitrogens with zero attached hydrogens (tertiary/aromatic N) is 2. The van der Waals surface area contributed by atoms with Crippen molar-refractivity contribution in [3.63, 3.8) is 0 Å². The molecule has 1 rings (SSSR count). The molecule has 0 aromatic rings. The molecule has 0 N–H and O–H groups in total. The maximum absolute atomic E-state index is 5.64. The SMILES string of the molecule is COP1N(C(C)(C)C)C=CN1C(C)(C)C. The molecule has 1 aliphatic heterocycles. The summed E-state index contributed by atoms with van der Waals surface area (Å²) in [6.45, 7) is 13.2. The molecular weight excluding hydrogens is 207 g/mol. The Morgan fingerprint density at radius 1 is 0.867 bits per heavy atom. The van der Waals surface area contributed by atoms with Crippen LogP contribution in [0.2, 0.25) is 0 Å². The Bertz CT molecular complexity index is 228. The average molecular weight is 230 g/mol. The van der Waals surface area contributed by atoms with Crippen LogP contribution in [0.5, 0.6) is 0 Å². The first-order valence-electron chi connectivity index (χ1n) is 5.29. The van der Waals surface area contributed by atoms with Crippen LogP contribution in [-0.2, 0) is 4.52 Å². The van der Waals surface area contributed by atoms with Crippen molar-refractivity contribution < 1.29 is 4.52 Å². The Kier molecular flexibility index (Phi) is 3.37. The zero-order valence-electron chi connectivity index (χ0n) is 10.9. The van der Waals surface area contributed by atoms with E-state index in [1.807, 2.05) is 0 Å². The van der Waals surface area contributed by atoms with Gasteiger partial charge in [-0.15, -0.1) is 0 Å². The fourth-order valence-corrected chi connectivity index (χ4v) is 3.41. The van der Waals surface area contributed by atoms with Crippen LogP contribution in [0.1, 0.15) is 41.5 Å². The van der Waals surface area contributed by atoms with Crippen molar-refractivity contribution in [1.29, 1.82) is 0 Å². The standard InChI is InChI=1S/C11H23N2OP/c1-10(2,3)12-8-9-13(11(4,5)6)15(12)14-7/h8-9H,1-7H3. The summed E-state index contributed by atoms with van der Waals surface area (Å²) in [6, 6.07) is 0. The van der Waals surface area contributed by atoms with Gasteiger partial charge in [-0.1, -0.05) is 0 Å². The lowest BCUT2D eigenvalue weighted by molar-refractivity contribution is 0.255. The van der Waals surface area contributed by atoms with Gasteiger partial charge in [0.1, 0.15) is 0 Å². The highest BCUT2D eigenvalue weighted by Crippen LogP contribution is 2.56. The topological polar surface area (TPSA) is 15.7 Å². The molecule has 0 atom stereocenters. The molecule has 0 saturated carbocycles. The van der Waals surface area contributed by atoms with Gasteiger partial charge in [-0.3, -0.25) is 0 Å². The van der Waals surface area contributed by atoms with E-state index in [9.17, 15) is 0 Å². The fraction of sp³-hybridized carbons (Fsp3) is 0.818. The van der Waals surface area contributed by atoms with E-state index in [2.05, 4.69) is 63.3 Å². The molecule has 0 aliphatic carbocycles. The molecule has 88 valence electrons. The monoisotopic (exact) mass is 230 g/mol. The summed E-state index contributed by atoms with van der Waals surface area (Å²) in [7, 11) is 1.10. The van der Waals surface area contributed by atoms with Gasteiger partial charge in [0.15, 0.2) is 0 Å². The first-order chi connectivity index (χ1) is 6.68. The minimum absolute atomic E-state index is 0.109. The van der Waals surface area contributed by atoms with Crippen molar-refractivity contribution in [1.82, 2.24) is 9.34 Å². The van der Waals surface area contributed by atoms with E-state index in [1.54, 1.807) is 7.11 Å². The average Bonchev–Trinajstić information content (AvgIpc) is 2.43. The Labute approximate surface area is 95.0 Å². The van der Waals surface area contributed by atoms with Crippen LogP contribution in [0.15, 0.2) is 12.4 Å². The molecule has 0 radical (unpaired) electrons. The van der Waals surface area contributed by atoms with Gasteiger partial charge in [-0.25, -0.2) is 0 Å². The second-order valence-electron chi connectivity index (χ2n) is 5.76. The molecule has 3 nitrogen and oxygen atoms in total. The molecule has 1 heterocycles. The van der Waals surface area contributed by atoms with Crippen molar-refractivity contribution in [2.75, 3.05) is 7.11 Å². The number of hydrogen-bond acceptors (Lipinski definition) is 3. The van der Waals surface area contributed by atoms with Crippen molar-refractivity contribution in [2.45, 2.75) is 52.6 Å². The predicted octanol–water partition coefficient (Wildman–Crippen LogP) is 3.55. The molecule has 0 fully saturated rings. The minimum atomic E-state index is -0.690. The van der Waals surface area contributed by atoms with Gasteiger partial charge in [-0.05, 0) is 41.5 Å². The summed E-state index contributed by atoms with van der Waals surface area (Å²) >= 11 is 0. The highest BCUT2D eigenvalue weighted by molar-refractivity contribution is 7.48. The highest BCUT2D eigenvalue weighted by atomic mass is 31.2. The van der Waals surface area contributed by atoms with Gasteiger partial charge >= 0.3 is 0 Å². The van der Waals surface area contributed by atoms with Gasteiger partial charge < -0.3 is 13.9 Å². The van der Waals surface area contributed by atoms with Crippen LogP contribution in [0.4, 0.5) is 0 Å². The lowest BCUT2D eigenvalue weighted by Gasteiger charge is -2.42. The van der Waals surface area contributed by atoms with E-state index < -0.39 is 8.45 Å². The molecule has 0 unspecified atom stereocenters. The van der Waals surface area contributed by atoms with E-state index in [0.717, 1.165) is 0 Å². The zero-order chi connectivity index (χ0) is 11.9. The van der Waals surface area contributed by atoms with Crippen LogP contribution in [0.3, 0.4) is 0 Å². The second kappa shape index (κ2) is 3.95. The molecule has 0 aromatic heterocycles.